The predicted molar refractivity (Wildman–Crippen MR) is 119 cm³/mol. The maximum absolute atomic E-state index is 2.60. The number of rotatable bonds is 10. The van der Waals surface area contributed by atoms with Gasteiger partial charge in [-0.25, -0.2) is 0 Å². The monoisotopic (exact) mass is 364 g/mol. The lowest BCUT2D eigenvalue weighted by Gasteiger charge is -2.48. The summed E-state index contributed by atoms with van der Waals surface area (Å²) in [7, 11) is 0. The molecule has 1 saturated carbocycles. The molecular weight excluding hydrogens is 312 g/mol. The van der Waals surface area contributed by atoms with Crippen LogP contribution in [0.4, 0.5) is 0 Å². The van der Waals surface area contributed by atoms with Crippen molar-refractivity contribution in [1.29, 1.82) is 0 Å². The summed E-state index contributed by atoms with van der Waals surface area (Å²) in [6.45, 7) is 24.8. The summed E-state index contributed by atoms with van der Waals surface area (Å²) in [6, 6.07) is 0. The van der Waals surface area contributed by atoms with Crippen molar-refractivity contribution in [2.45, 2.75) is 108 Å². The van der Waals surface area contributed by atoms with E-state index in [1.54, 1.807) is 0 Å². The summed E-state index contributed by atoms with van der Waals surface area (Å²) in [6.07, 6.45) is 8.51. The molecule has 156 valence electrons. The largest absolute Gasteiger partial charge is 0.0651 e. The van der Waals surface area contributed by atoms with Crippen LogP contribution in [0.25, 0.3) is 0 Å². The van der Waals surface area contributed by atoms with Crippen molar-refractivity contribution in [2.24, 2.45) is 59.2 Å². The molecule has 0 nitrogen and oxygen atoms in total. The maximum Gasteiger partial charge on any atom is -0.0332 e. The van der Waals surface area contributed by atoms with E-state index >= 15 is 0 Å². The zero-order valence-electron chi connectivity index (χ0n) is 20.0. The smallest absolute Gasteiger partial charge is 0.0332 e. The molecule has 0 radical (unpaired) electrons. The van der Waals surface area contributed by atoms with Crippen LogP contribution >= 0.6 is 0 Å². The van der Waals surface area contributed by atoms with Crippen LogP contribution < -0.4 is 0 Å². The van der Waals surface area contributed by atoms with Gasteiger partial charge in [0.25, 0.3) is 0 Å². The highest BCUT2D eigenvalue weighted by Crippen LogP contribution is 2.50. The molecule has 1 rings (SSSR count). The second-order valence-corrected chi connectivity index (χ2v) is 10.8. The molecule has 1 aliphatic rings. The van der Waals surface area contributed by atoms with E-state index in [1.807, 2.05) is 0 Å². The van der Waals surface area contributed by atoms with Crippen molar-refractivity contribution >= 4 is 0 Å². The highest BCUT2D eigenvalue weighted by Gasteiger charge is 2.41. The Morgan fingerprint density at radius 1 is 0.731 bits per heavy atom. The van der Waals surface area contributed by atoms with Crippen molar-refractivity contribution in [1.82, 2.24) is 0 Å². The van der Waals surface area contributed by atoms with E-state index in [2.05, 4.69) is 69.2 Å². The quantitative estimate of drug-likeness (QED) is 0.363. The van der Waals surface area contributed by atoms with Gasteiger partial charge in [-0.2, -0.15) is 0 Å². The first-order valence-corrected chi connectivity index (χ1v) is 12.2. The molecule has 1 fully saturated rings. The molecule has 0 bridgehead atoms. The van der Waals surface area contributed by atoms with Gasteiger partial charge in [-0.3, -0.25) is 0 Å². The average molecular weight is 365 g/mol. The molecule has 0 aromatic carbocycles. The second-order valence-electron chi connectivity index (χ2n) is 10.8. The van der Waals surface area contributed by atoms with Gasteiger partial charge in [-0.05, 0) is 78.4 Å². The third kappa shape index (κ3) is 6.00. The van der Waals surface area contributed by atoms with Gasteiger partial charge < -0.3 is 0 Å². The summed E-state index contributed by atoms with van der Waals surface area (Å²) in [5.41, 5.74) is 0. The van der Waals surface area contributed by atoms with E-state index in [0.717, 1.165) is 59.2 Å². The Morgan fingerprint density at radius 3 is 1.77 bits per heavy atom. The van der Waals surface area contributed by atoms with Gasteiger partial charge in [0.2, 0.25) is 0 Å². The minimum atomic E-state index is 0.838. The predicted octanol–water partition coefficient (Wildman–Crippen LogP) is 8.70. The van der Waals surface area contributed by atoms with Crippen LogP contribution in [0.3, 0.4) is 0 Å². The SMILES string of the molecule is CCC(C)C(CC)CC(C)C(C)C1CC(CC)C(C(C)C)C(C(C)C)C1. The summed E-state index contributed by atoms with van der Waals surface area (Å²) in [4.78, 5) is 0. The van der Waals surface area contributed by atoms with Gasteiger partial charge in [-0.15, -0.1) is 0 Å². The minimum Gasteiger partial charge on any atom is -0.0651 e. The summed E-state index contributed by atoms with van der Waals surface area (Å²) in [5, 5.41) is 0. The minimum absolute atomic E-state index is 0.838. The Hall–Kier alpha value is 0. The molecule has 8 unspecified atom stereocenters. The Bertz CT molecular complexity index is 368. The first kappa shape index (κ1) is 24.0. The molecule has 0 aliphatic heterocycles. The summed E-state index contributed by atoms with van der Waals surface area (Å²) in [5.74, 6) is 9.04. The van der Waals surface area contributed by atoms with E-state index in [0.29, 0.717) is 0 Å². The van der Waals surface area contributed by atoms with Crippen LogP contribution in [0.5, 0.6) is 0 Å². The zero-order chi connectivity index (χ0) is 20.0. The normalized spacial score (nSPS) is 31.8. The van der Waals surface area contributed by atoms with Gasteiger partial charge in [-0.1, -0.05) is 88.5 Å². The lowest BCUT2D eigenvalue weighted by molar-refractivity contribution is 0.00958. The van der Waals surface area contributed by atoms with Crippen LogP contribution in [0, 0.1) is 59.2 Å². The standard InChI is InChI=1S/C26H52/c1-11-19(8)22(12-2)14-20(9)21(10)24-15-23(13-3)26(18(6)7)25(16-24)17(4)5/h17-26H,11-16H2,1-10H3. The molecule has 0 N–H and O–H groups in total. The van der Waals surface area contributed by atoms with Crippen molar-refractivity contribution in [3.05, 3.63) is 0 Å². The van der Waals surface area contributed by atoms with Crippen LogP contribution in [0.2, 0.25) is 0 Å². The van der Waals surface area contributed by atoms with E-state index in [-0.39, 0.29) is 0 Å². The van der Waals surface area contributed by atoms with Crippen LogP contribution in [0.1, 0.15) is 108 Å². The lowest BCUT2D eigenvalue weighted by atomic mass is 9.57. The Balaban J connectivity index is 2.86. The Morgan fingerprint density at radius 2 is 1.35 bits per heavy atom. The number of hydrogen-bond donors (Lipinski definition) is 0. The molecule has 0 spiro atoms. The fourth-order valence-electron chi connectivity index (χ4n) is 6.41. The molecule has 0 saturated heterocycles. The van der Waals surface area contributed by atoms with Gasteiger partial charge in [0.05, 0.1) is 0 Å². The lowest BCUT2D eigenvalue weighted by Crippen LogP contribution is -2.41. The van der Waals surface area contributed by atoms with E-state index in [9.17, 15) is 0 Å². The summed E-state index contributed by atoms with van der Waals surface area (Å²) >= 11 is 0. The average Bonchev–Trinajstić information content (AvgIpc) is 2.62. The van der Waals surface area contributed by atoms with E-state index in [1.165, 1.54) is 38.5 Å². The van der Waals surface area contributed by atoms with Crippen LogP contribution in [0.15, 0.2) is 0 Å². The van der Waals surface area contributed by atoms with Gasteiger partial charge in [0.15, 0.2) is 0 Å². The Labute approximate surface area is 167 Å². The van der Waals surface area contributed by atoms with Crippen LogP contribution in [-0.2, 0) is 0 Å². The highest BCUT2D eigenvalue weighted by molar-refractivity contribution is 4.91. The molecule has 0 aromatic heterocycles. The van der Waals surface area contributed by atoms with E-state index in [4.69, 9.17) is 0 Å². The molecule has 8 atom stereocenters. The maximum atomic E-state index is 2.60. The first-order chi connectivity index (χ1) is 12.2. The molecule has 0 heterocycles. The van der Waals surface area contributed by atoms with E-state index < -0.39 is 0 Å². The van der Waals surface area contributed by atoms with Gasteiger partial charge in [0.1, 0.15) is 0 Å². The zero-order valence-corrected chi connectivity index (χ0v) is 20.0. The van der Waals surface area contributed by atoms with Crippen molar-refractivity contribution < 1.29 is 0 Å². The van der Waals surface area contributed by atoms with Crippen molar-refractivity contribution in [3.63, 3.8) is 0 Å². The van der Waals surface area contributed by atoms with Gasteiger partial charge in [0, 0.05) is 0 Å². The molecule has 1 aliphatic carbocycles. The van der Waals surface area contributed by atoms with Gasteiger partial charge >= 0.3 is 0 Å². The molecule has 0 heteroatoms. The molecular formula is C26H52. The third-order valence-corrected chi connectivity index (χ3v) is 8.66. The number of hydrogen-bond acceptors (Lipinski definition) is 0. The second kappa shape index (κ2) is 11.1. The Kier molecular flexibility index (Phi) is 10.3. The molecule has 26 heavy (non-hydrogen) atoms. The van der Waals surface area contributed by atoms with Crippen LogP contribution in [-0.4, -0.2) is 0 Å². The highest BCUT2D eigenvalue weighted by atomic mass is 14.5. The summed E-state index contributed by atoms with van der Waals surface area (Å²) < 4.78 is 0. The fraction of sp³-hybridized carbons (Fsp3) is 1.00. The molecule has 0 aromatic rings. The first-order valence-electron chi connectivity index (χ1n) is 12.2. The fourth-order valence-corrected chi connectivity index (χ4v) is 6.41. The van der Waals surface area contributed by atoms with Crippen molar-refractivity contribution in [3.8, 4) is 0 Å². The topological polar surface area (TPSA) is 0 Å². The third-order valence-electron chi connectivity index (χ3n) is 8.66. The molecule has 0 amide bonds. The van der Waals surface area contributed by atoms with Crippen molar-refractivity contribution in [2.75, 3.05) is 0 Å².